The average Bonchev–Trinajstić information content (AvgIpc) is 3.16. The summed E-state index contributed by atoms with van der Waals surface area (Å²) in [4.78, 5) is 25.5. The van der Waals surface area contributed by atoms with Gasteiger partial charge in [-0.1, -0.05) is 48.2 Å². The van der Waals surface area contributed by atoms with Gasteiger partial charge < -0.3 is 10.6 Å². The fourth-order valence-corrected chi connectivity index (χ4v) is 3.33. The van der Waals surface area contributed by atoms with E-state index in [1.165, 1.54) is 11.8 Å². The van der Waals surface area contributed by atoms with E-state index in [0.29, 0.717) is 5.16 Å². The van der Waals surface area contributed by atoms with Gasteiger partial charge in [-0.05, 0) is 24.3 Å². The number of anilines is 1. The molecule has 0 spiro atoms. The van der Waals surface area contributed by atoms with Crippen molar-refractivity contribution in [3.63, 3.8) is 0 Å². The van der Waals surface area contributed by atoms with Crippen LogP contribution in [0.4, 0.5) is 5.69 Å². The van der Waals surface area contributed by atoms with Crippen molar-refractivity contribution in [3.05, 3.63) is 67.0 Å². The van der Waals surface area contributed by atoms with Gasteiger partial charge in [-0.3, -0.25) is 14.2 Å². The molecule has 0 aliphatic carbocycles. The normalized spacial score (nSPS) is 10.5. The number of thioether (sulfide) groups is 1. The van der Waals surface area contributed by atoms with Gasteiger partial charge in [0.2, 0.25) is 11.8 Å². The Morgan fingerprint density at radius 1 is 1.04 bits per heavy atom. The molecule has 2 N–H and O–H groups in total. The van der Waals surface area contributed by atoms with Gasteiger partial charge in [0.25, 0.3) is 0 Å². The van der Waals surface area contributed by atoms with Crippen LogP contribution in [0.2, 0.25) is 0 Å². The molecule has 0 atom stereocenters. The van der Waals surface area contributed by atoms with Crippen LogP contribution in [-0.2, 0) is 9.59 Å². The third-order valence-electron chi connectivity index (χ3n) is 3.83. The quantitative estimate of drug-likeness (QED) is 0.604. The summed E-state index contributed by atoms with van der Waals surface area (Å²) in [5.74, 6) is -0.408. The number of carbonyl (C=O) groups excluding carboxylic acids is 2. The number of hydrogen-bond acceptors (Lipinski definition) is 5. The zero-order chi connectivity index (χ0) is 19.1. The number of benzene rings is 2. The van der Waals surface area contributed by atoms with E-state index in [1.54, 1.807) is 11.2 Å². The van der Waals surface area contributed by atoms with Gasteiger partial charge in [0.05, 0.1) is 5.75 Å². The summed E-state index contributed by atoms with van der Waals surface area (Å²) in [5.41, 5.74) is 6.90. The second kappa shape index (κ2) is 9.00. The van der Waals surface area contributed by atoms with Gasteiger partial charge in [-0.15, -0.1) is 10.2 Å². The molecule has 7 nitrogen and oxygen atoms in total. The van der Waals surface area contributed by atoms with E-state index < -0.39 is 5.91 Å². The van der Waals surface area contributed by atoms with E-state index in [2.05, 4.69) is 10.2 Å². The molecule has 0 aliphatic rings. The van der Waals surface area contributed by atoms with Gasteiger partial charge in [-0.2, -0.15) is 0 Å². The van der Waals surface area contributed by atoms with Crippen LogP contribution in [0.25, 0.3) is 5.69 Å². The van der Waals surface area contributed by atoms with Gasteiger partial charge in [-0.25, -0.2) is 0 Å². The molecular weight excluding hydrogens is 362 g/mol. The van der Waals surface area contributed by atoms with Crippen molar-refractivity contribution in [2.45, 2.75) is 11.6 Å². The molecule has 0 bridgehead atoms. The molecule has 3 rings (SSSR count). The van der Waals surface area contributed by atoms with Crippen molar-refractivity contribution >= 4 is 29.3 Å². The molecule has 2 amide bonds. The zero-order valence-corrected chi connectivity index (χ0v) is 15.4. The largest absolute Gasteiger partial charge is 0.370 e. The Kier molecular flexibility index (Phi) is 6.22. The Labute approximate surface area is 161 Å². The number of primary amides is 1. The van der Waals surface area contributed by atoms with Crippen molar-refractivity contribution in [2.75, 3.05) is 17.2 Å². The molecule has 0 aliphatic heterocycles. The SMILES string of the molecule is NC(=O)CCN(C(=O)CSc1nncn1-c1ccccc1)c1ccccc1. The zero-order valence-electron chi connectivity index (χ0n) is 14.6. The first-order valence-electron chi connectivity index (χ1n) is 8.37. The van der Waals surface area contributed by atoms with E-state index in [0.717, 1.165) is 11.4 Å². The number of hydrogen-bond donors (Lipinski definition) is 1. The molecule has 0 radical (unpaired) electrons. The summed E-state index contributed by atoms with van der Waals surface area (Å²) in [6, 6.07) is 18.9. The molecule has 27 heavy (non-hydrogen) atoms. The highest BCUT2D eigenvalue weighted by Crippen LogP contribution is 2.21. The lowest BCUT2D eigenvalue weighted by molar-refractivity contribution is -0.118. The number of nitrogens with two attached hydrogens (primary N) is 1. The average molecular weight is 381 g/mol. The smallest absolute Gasteiger partial charge is 0.237 e. The van der Waals surface area contributed by atoms with Crippen molar-refractivity contribution in [1.82, 2.24) is 14.8 Å². The van der Waals surface area contributed by atoms with Crippen LogP contribution in [0.15, 0.2) is 72.1 Å². The van der Waals surface area contributed by atoms with Crippen LogP contribution in [0.3, 0.4) is 0 Å². The molecule has 1 aromatic heterocycles. The van der Waals surface area contributed by atoms with Crippen molar-refractivity contribution in [3.8, 4) is 5.69 Å². The Bertz CT molecular complexity index is 899. The molecule has 1 heterocycles. The molecule has 0 saturated carbocycles. The molecule has 3 aromatic rings. The highest BCUT2D eigenvalue weighted by Gasteiger charge is 2.18. The molecule has 0 saturated heterocycles. The summed E-state index contributed by atoms with van der Waals surface area (Å²) in [7, 11) is 0. The van der Waals surface area contributed by atoms with E-state index in [1.807, 2.05) is 65.2 Å². The summed E-state index contributed by atoms with van der Waals surface area (Å²) in [6.07, 6.45) is 1.72. The van der Waals surface area contributed by atoms with Gasteiger partial charge >= 0.3 is 0 Å². The molecule has 2 aromatic carbocycles. The maximum atomic E-state index is 12.8. The number of rotatable bonds is 8. The fraction of sp³-hybridized carbons (Fsp3) is 0.158. The monoisotopic (exact) mass is 381 g/mol. The highest BCUT2D eigenvalue weighted by atomic mass is 32.2. The first-order chi connectivity index (χ1) is 13.1. The minimum absolute atomic E-state index is 0.103. The van der Waals surface area contributed by atoms with Crippen LogP contribution >= 0.6 is 11.8 Å². The van der Waals surface area contributed by atoms with Crippen molar-refractivity contribution < 1.29 is 9.59 Å². The first kappa shape index (κ1) is 18.7. The lowest BCUT2D eigenvalue weighted by Crippen LogP contribution is -2.35. The number of aromatic nitrogens is 3. The Balaban J connectivity index is 1.71. The standard InChI is InChI=1S/C19H19N5O2S/c20-17(25)11-12-23(15-7-3-1-4-8-15)18(26)13-27-19-22-21-14-24(19)16-9-5-2-6-10-16/h1-10,14H,11-13H2,(H2,20,25). The van der Waals surface area contributed by atoms with Gasteiger partial charge in [0, 0.05) is 24.3 Å². The van der Waals surface area contributed by atoms with Crippen LogP contribution in [0.5, 0.6) is 0 Å². The highest BCUT2D eigenvalue weighted by molar-refractivity contribution is 7.99. The third-order valence-corrected chi connectivity index (χ3v) is 4.75. The molecule has 8 heteroatoms. The molecule has 0 fully saturated rings. The van der Waals surface area contributed by atoms with Crippen LogP contribution in [0, 0.1) is 0 Å². The third kappa shape index (κ3) is 4.95. The van der Waals surface area contributed by atoms with Crippen LogP contribution < -0.4 is 10.6 Å². The Morgan fingerprint density at radius 2 is 1.70 bits per heavy atom. The van der Waals surface area contributed by atoms with Crippen LogP contribution in [0.1, 0.15) is 6.42 Å². The second-order valence-corrected chi connectivity index (χ2v) is 6.65. The van der Waals surface area contributed by atoms with E-state index in [4.69, 9.17) is 5.73 Å². The van der Waals surface area contributed by atoms with E-state index in [9.17, 15) is 9.59 Å². The van der Waals surface area contributed by atoms with Crippen LogP contribution in [-0.4, -0.2) is 38.9 Å². The number of para-hydroxylation sites is 2. The van der Waals surface area contributed by atoms with Crippen molar-refractivity contribution in [2.24, 2.45) is 5.73 Å². The summed E-state index contributed by atoms with van der Waals surface area (Å²) in [6.45, 7) is 0.240. The lowest BCUT2D eigenvalue weighted by Gasteiger charge is -2.22. The first-order valence-corrected chi connectivity index (χ1v) is 9.35. The lowest BCUT2D eigenvalue weighted by atomic mass is 10.2. The molecule has 138 valence electrons. The number of carbonyl (C=O) groups is 2. The van der Waals surface area contributed by atoms with E-state index >= 15 is 0 Å². The van der Waals surface area contributed by atoms with E-state index in [-0.39, 0.29) is 24.6 Å². The Morgan fingerprint density at radius 3 is 2.37 bits per heavy atom. The molecule has 0 unspecified atom stereocenters. The van der Waals surface area contributed by atoms with Gasteiger partial charge in [0.1, 0.15) is 6.33 Å². The minimum Gasteiger partial charge on any atom is -0.370 e. The minimum atomic E-state index is -0.444. The van der Waals surface area contributed by atoms with Gasteiger partial charge in [0.15, 0.2) is 5.16 Å². The second-order valence-electron chi connectivity index (χ2n) is 5.70. The maximum Gasteiger partial charge on any atom is 0.237 e. The maximum absolute atomic E-state index is 12.8. The predicted octanol–water partition coefficient (Wildman–Crippen LogP) is 2.27. The topological polar surface area (TPSA) is 94.1 Å². The number of amides is 2. The van der Waals surface area contributed by atoms with Crippen molar-refractivity contribution in [1.29, 1.82) is 0 Å². The molecular formula is C19H19N5O2S. The summed E-state index contributed by atoms with van der Waals surface area (Å²) < 4.78 is 1.83. The number of nitrogens with zero attached hydrogens (tertiary/aromatic N) is 4. The Hall–Kier alpha value is -3.13. The summed E-state index contributed by atoms with van der Waals surface area (Å²) in [5, 5.41) is 8.67. The summed E-state index contributed by atoms with van der Waals surface area (Å²) >= 11 is 1.30. The predicted molar refractivity (Wildman–Crippen MR) is 105 cm³/mol. The fourth-order valence-electron chi connectivity index (χ4n) is 2.52.